The Morgan fingerprint density at radius 1 is 0.760 bits per heavy atom. The zero-order valence-electron chi connectivity index (χ0n) is 15.9. The lowest BCUT2D eigenvalue weighted by atomic mass is 10.2. The van der Waals surface area contributed by atoms with Crippen LogP contribution in [0.25, 0.3) is 0 Å². The van der Waals surface area contributed by atoms with E-state index in [9.17, 15) is 4.79 Å². The molecule has 0 radical (unpaired) electrons. The summed E-state index contributed by atoms with van der Waals surface area (Å²) in [4.78, 5) is 10.3. The Morgan fingerprint density at radius 3 is 1.72 bits per heavy atom. The molecule has 1 N–H and O–H groups in total. The zero-order valence-corrected chi connectivity index (χ0v) is 16.7. The van der Waals surface area contributed by atoms with Crippen LogP contribution in [0.5, 0.6) is 0 Å². The number of thioether (sulfide) groups is 1. The summed E-state index contributed by atoms with van der Waals surface area (Å²) in [6, 6.07) is 0. The molecule has 3 heteroatoms. The molecule has 0 spiro atoms. The van der Waals surface area contributed by atoms with Gasteiger partial charge in [-0.1, -0.05) is 68.4 Å². The predicted octanol–water partition coefficient (Wildman–Crippen LogP) is 6.95. The molecule has 0 aromatic rings. The smallest absolute Gasteiger partial charge is 0.313 e. The number of allylic oxidation sites excluding steroid dienone is 8. The Hall–Kier alpha value is -1.22. The fourth-order valence-corrected chi connectivity index (χ4v) is 2.91. The van der Waals surface area contributed by atoms with Crippen molar-refractivity contribution in [1.29, 1.82) is 0 Å². The molecule has 0 aliphatic heterocycles. The van der Waals surface area contributed by atoms with Crippen LogP contribution in [0.15, 0.2) is 48.6 Å². The number of hydrogen-bond acceptors (Lipinski definition) is 2. The molecule has 0 saturated heterocycles. The van der Waals surface area contributed by atoms with Gasteiger partial charge in [-0.05, 0) is 57.1 Å². The SMILES string of the molecule is CCCCCC=CCC=CCC=CC/C=C\CCCCSCC(=O)O. The fourth-order valence-electron chi connectivity index (χ4n) is 2.19. The Balaban J connectivity index is 3.36. The first-order valence-corrected chi connectivity index (χ1v) is 10.8. The van der Waals surface area contributed by atoms with E-state index in [1.807, 2.05) is 0 Å². The highest BCUT2D eigenvalue weighted by molar-refractivity contribution is 7.99. The summed E-state index contributed by atoms with van der Waals surface area (Å²) < 4.78 is 0. The highest BCUT2D eigenvalue weighted by atomic mass is 32.2. The molecule has 2 nitrogen and oxygen atoms in total. The second-order valence-corrected chi connectivity index (χ2v) is 7.14. The summed E-state index contributed by atoms with van der Waals surface area (Å²) >= 11 is 1.50. The number of carbonyl (C=O) groups is 1. The molecule has 0 atom stereocenters. The molecular weight excluding hydrogens is 328 g/mol. The molecule has 0 amide bonds. The van der Waals surface area contributed by atoms with Gasteiger partial charge in [-0.15, -0.1) is 0 Å². The van der Waals surface area contributed by atoms with Crippen LogP contribution in [-0.4, -0.2) is 22.6 Å². The Morgan fingerprint density at radius 2 is 1.24 bits per heavy atom. The van der Waals surface area contributed by atoms with Gasteiger partial charge in [0.1, 0.15) is 0 Å². The van der Waals surface area contributed by atoms with Gasteiger partial charge in [-0.3, -0.25) is 4.79 Å². The Bertz CT molecular complexity index is 408. The van der Waals surface area contributed by atoms with E-state index in [1.165, 1.54) is 37.4 Å². The number of carboxylic acids is 1. The van der Waals surface area contributed by atoms with Gasteiger partial charge in [0.25, 0.3) is 0 Å². The van der Waals surface area contributed by atoms with Crippen molar-refractivity contribution in [3.63, 3.8) is 0 Å². The number of carboxylic acid groups (broad SMARTS) is 1. The molecule has 0 saturated carbocycles. The average Bonchev–Trinajstić information content (AvgIpc) is 2.60. The second-order valence-electron chi connectivity index (χ2n) is 6.03. The van der Waals surface area contributed by atoms with Crippen LogP contribution < -0.4 is 0 Å². The lowest BCUT2D eigenvalue weighted by molar-refractivity contribution is -0.133. The van der Waals surface area contributed by atoms with E-state index in [0.717, 1.165) is 44.3 Å². The van der Waals surface area contributed by atoms with Crippen LogP contribution in [0.4, 0.5) is 0 Å². The number of rotatable bonds is 17. The van der Waals surface area contributed by atoms with Crippen molar-refractivity contribution >= 4 is 17.7 Å². The highest BCUT2D eigenvalue weighted by Crippen LogP contribution is 2.06. The van der Waals surface area contributed by atoms with E-state index in [0.29, 0.717) is 0 Å². The monoisotopic (exact) mass is 364 g/mol. The topological polar surface area (TPSA) is 37.3 Å². The summed E-state index contributed by atoms with van der Waals surface area (Å²) in [5.74, 6) is 0.454. The van der Waals surface area contributed by atoms with Gasteiger partial charge in [0.05, 0.1) is 5.75 Å². The molecule has 0 rings (SSSR count). The lowest BCUT2D eigenvalue weighted by Gasteiger charge is -1.96. The van der Waals surface area contributed by atoms with E-state index in [2.05, 4.69) is 55.5 Å². The molecule has 0 bridgehead atoms. The highest BCUT2D eigenvalue weighted by Gasteiger charge is 1.95. The van der Waals surface area contributed by atoms with Crippen molar-refractivity contribution in [3.8, 4) is 0 Å². The maximum atomic E-state index is 10.3. The summed E-state index contributed by atoms with van der Waals surface area (Å²) in [5.41, 5.74) is 0. The van der Waals surface area contributed by atoms with Gasteiger partial charge < -0.3 is 5.11 Å². The normalized spacial score (nSPS) is 12.4. The first-order valence-electron chi connectivity index (χ1n) is 9.67. The first kappa shape index (κ1) is 23.8. The van der Waals surface area contributed by atoms with Crippen molar-refractivity contribution in [2.45, 2.75) is 71.1 Å². The lowest BCUT2D eigenvalue weighted by Crippen LogP contribution is -1.98. The fraction of sp³-hybridized carbons (Fsp3) is 0.591. The minimum absolute atomic E-state index is 0.227. The third-order valence-corrected chi connectivity index (χ3v) is 4.62. The van der Waals surface area contributed by atoms with Crippen LogP contribution in [-0.2, 0) is 4.79 Å². The van der Waals surface area contributed by atoms with Gasteiger partial charge in [0.2, 0.25) is 0 Å². The Kier molecular flexibility index (Phi) is 19.8. The van der Waals surface area contributed by atoms with Gasteiger partial charge in [-0.25, -0.2) is 0 Å². The number of unbranched alkanes of at least 4 members (excludes halogenated alkanes) is 5. The first-order chi connectivity index (χ1) is 12.3. The molecule has 25 heavy (non-hydrogen) atoms. The average molecular weight is 365 g/mol. The van der Waals surface area contributed by atoms with Crippen LogP contribution >= 0.6 is 11.8 Å². The van der Waals surface area contributed by atoms with Crippen molar-refractivity contribution in [2.75, 3.05) is 11.5 Å². The van der Waals surface area contributed by atoms with Gasteiger partial charge in [-0.2, -0.15) is 11.8 Å². The quantitative estimate of drug-likeness (QED) is 0.224. The minimum atomic E-state index is -0.717. The second kappa shape index (κ2) is 20.8. The van der Waals surface area contributed by atoms with Crippen LogP contribution in [0.3, 0.4) is 0 Å². The van der Waals surface area contributed by atoms with Crippen LogP contribution in [0.1, 0.15) is 71.1 Å². The Labute approximate surface area is 159 Å². The maximum absolute atomic E-state index is 10.3. The molecule has 0 aromatic carbocycles. The van der Waals surface area contributed by atoms with Gasteiger partial charge in [0.15, 0.2) is 0 Å². The standard InChI is InChI=1S/C22H36O2S/c1-2-3-4-5-6-7-8-9-10-11-12-13-14-15-16-17-18-19-20-25-21-22(23)24/h6-7,9-10,12-13,15-16H,2-5,8,11,14,17-21H2,1H3,(H,23,24)/b7-6?,10-9?,13-12?,16-15-. The van der Waals surface area contributed by atoms with E-state index >= 15 is 0 Å². The van der Waals surface area contributed by atoms with Gasteiger partial charge >= 0.3 is 5.97 Å². The largest absolute Gasteiger partial charge is 0.481 e. The molecular formula is C22H36O2S. The molecule has 0 aromatic heterocycles. The molecule has 0 fully saturated rings. The maximum Gasteiger partial charge on any atom is 0.313 e. The third kappa shape index (κ3) is 22.8. The minimum Gasteiger partial charge on any atom is -0.481 e. The van der Waals surface area contributed by atoms with E-state index in [4.69, 9.17) is 5.11 Å². The molecule has 0 aliphatic rings. The molecule has 0 aliphatic carbocycles. The summed E-state index contributed by atoms with van der Waals surface area (Å²) in [6.45, 7) is 2.24. The number of hydrogen-bond donors (Lipinski definition) is 1. The van der Waals surface area contributed by atoms with Crippen LogP contribution in [0, 0.1) is 0 Å². The summed E-state index contributed by atoms with van der Waals surface area (Å²) in [5, 5.41) is 8.52. The van der Waals surface area contributed by atoms with Crippen molar-refractivity contribution in [3.05, 3.63) is 48.6 Å². The van der Waals surface area contributed by atoms with E-state index in [1.54, 1.807) is 0 Å². The van der Waals surface area contributed by atoms with Crippen molar-refractivity contribution < 1.29 is 9.90 Å². The predicted molar refractivity (Wildman–Crippen MR) is 113 cm³/mol. The molecule has 142 valence electrons. The van der Waals surface area contributed by atoms with E-state index < -0.39 is 5.97 Å². The third-order valence-electron chi connectivity index (χ3n) is 3.59. The summed E-state index contributed by atoms with van der Waals surface area (Å²) in [7, 11) is 0. The molecule has 0 heterocycles. The van der Waals surface area contributed by atoms with E-state index in [-0.39, 0.29) is 5.75 Å². The zero-order chi connectivity index (χ0) is 18.4. The number of aliphatic carboxylic acids is 1. The van der Waals surface area contributed by atoms with Crippen molar-refractivity contribution in [2.24, 2.45) is 0 Å². The van der Waals surface area contributed by atoms with Gasteiger partial charge in [0, 0.05) is 0 Å². The summed E-state index contributed by atoms with van der Waals surface area (Å²) in [6.07, 6.45) is 29.4. The molecule has 0 unspecified atom stereocenters. The van der Waals surface area contributed by atoms with Crippen molar-refractivity contribution in [1.82, 2.24) is 0 Å². The van der Waals surface area contributed by atoms with Crippen LogP contribution in [0.2, 0.25) is 0 Å².